The van der Waals surface area contributed by atoms with Gasteiger partial charge in [0, 0.05) is 5.02 Å². The summed E-state index contributed by atoms with van der Waals surface area (Å²) in [6.45, 7) is 2.94. The van der Waals surface area contributed by atoms with E-state index >= 15 is 0 Å². The second-order valence-corrected chi connectivity index (χ2v) is 5.60. The van der Waals surface area contributed by atoms with Gasteiger partial charge >= 0.3 is 0 Å². The van der Waals surface area contributed by atoms with E-state index in [1.165, 1.54) is 6.26 Å². The van der Waals surface area contributed by atoms with Crippen LogP contribution in [0.15, 0.2) is 47.1 Å². The molecule has 0 unspecified atom stereocenters. The molecule has 1 amide bonds. The summed E-state index contributed by atoms with van der Waals surface area (Å²) in [5.41, 5.74) is 0.978. The highest BCUT2D eigenvalue weighted by Gasteiger charge is 2.32. The third kappa shape index (κ3) is 2.96. The largest absolute Gasteiger partial charge is 0.459 e. The molecule has 21 heavy (non-hydrogen) atoms. The Bertz CT molecular complexity index is 626. The lowest BCUT2D eigenvalue weighted by atomic mass is 10.1. The van der Waals surface area contributed by atoms with Gasteiger partial charge in [-0.1, -0.05) is 23.7 Å². The zero-order valence-electron chi connectivity index (χ0n) is 11.7. The summed E-state index contributed by atoms with van der Waals surface area (Å²) in [5.74, 6) is 0.247. The molecule has 1 aromatic heterocycles. The second-order valence-electron chi connectivity index (χ2n) is 5.16. The smallest absolute Gasteiger partial charge is 0.289 e. The van der Waals surface area contributed by atoms with Crippen molar-refractivity contribution in [2.75, 3.05) is 13.2 Å². The Hall–Kier alpha value is -1.78. The van der Waals surface area contributed by atoms with E-state index in [1.807, 2.05) is 31.2 Å². The van der Waals surface area contributed by atoms with Crippen LogP contribution in [0.1, 0.15) is 29.1 Å². The van der Waals surface area contributed by atoms with Gasteiger partial charge in [-0.15, -0.1) is 0 Å². The summed E-state index contributed by atoms with van der Waals surface area (Å²) in [6.07, 6.45) is 1.34. The van der Waals surface area contributed by atoms with Crippen LogP contribution in [0.5, 0.6) is 0 Å². The van der Waals surface area contributed by atoms with Gasteiger partial charge in [0.05, 0.1) is 25.5 Å². The molecule has 0 saturated carbocycles. The lowest BCUT2D eigenvalue weighted by Gasteiger charge is -2.37. The van der Waals surface area contributed by atoms with Crippen molar-refractivity contribution in [3.8, 4) is 0 Å². The lowest BCUT2D eigenvalue weighted by Crippen LogP contribution is -2.48. The molecule has 5 heteroatoms. The number of nitrogens with zero attached hydrogens (tertiary/aromatic N) is 1. The molecule has 2 atom stereocenters. The molecule has 4 nitrogen and oxygen atoms in total. The van der Waals surface area contributed by atoms with E-state index in [-0.39, 0.29) is 18.1 Å². The third-order valence-corrected chi connectivity index (χ3v) is 3.88. The van der Waals surface area contributed by atoms with Crippen LogP contribution in [0.3, 0.4) is 0 Å². The molecule has 1 fully saturated rings. The SMILES string of the molecule is C[C@H]1CO[C@H](c2cccc(Cl)c2)CN1C(=O)c1ccco1. The zero-order valence-corrected chi connectivity index (χ0v) is 12.4. The zero-order chi connectivity index (χ0) is 14.8. The Balaban J connectivity index is 1.80. The van der Waals surface area contributed by atoms with Gasteiger partial charge in [0.1, 0.15) is 6.10 Å². The molecule has 1 aliphatic rings. The van der Waals surface area contributed by atoms with Gasteiger partial charge < -0.3 is 14.1 Å². The topological polar surface area (TPSA) is 42.7 Å². The summed E-state index contributed by atoms with van der Waals surface area (Å²) in [4.78, 5) is 14.3. The fourth-order valence-corrected chi connectivity index (χ4v) is 2.69. The second kappa shape index (κ2) is 5.92. The van der Waals surface area contributed by atoms with Crippen LogP contribution < -0.4 is 0 Å². The standard InChI is InChI=1S/C16H16ClNO3/c1-11-10-21-15(12-4-2-5-13(17)8-12)9-18(11)16(19)14-6-3-7-20-14/h2-8,11,15H,9-10H2,1H3/t11-,15-/m0/s1. The third-order valence-electron chi connectivity index (χ3n) is 3.65. The molecule has 1 aromatic carbocycles. The first kappa shape index (κ1) is 14.2. The summed E-state index contributed by atoms with van der Waals surface area (Å²) < 4.78 is 11.0. The molecule has 0 radical (unpaired) electrons. The molecule has 1 aliphatic heterocycles. The van der Waals surface area contributed by atoms with Gasteiger partial charge in [-0.25, -0.2) is 0 Å². The van der Waals surface area contributed by atoms with Crippen molar-refractivity contribution >= 4 is 17.5 Å². The first-order chi connectivity index (χ1) is 10.1. The average molecular weight is 306 g/mol. The number of furan rings is 1. The molecule has 3 rings (SSSR count). The fourth-order valence-electron chi connectivity index (χ4n) is 2.49. The van der Waals surface area contributed by atoms with Crippen molar-refractivity contribution in [2.45, 2.75) is 19.1 Å². The van der Waals surface area contributed by atoms with Crippen LogP contribution in [0, 0.1) is 0 Å². The maximum absolute atomic E-state index is 12.5. The summed E-state index contributed by atoms with van der Waals surface area (Å²) in [7, 11) is 0. The van der Waals surface area contributed by atoms with Crippen LogP contribution in [0.25, 0.3) is 0 Å². The fraction of sp³-hybridized carbons (Fsp3) is 0.312. The quantitative estimate of drug-likeness (QED) is 0.852. The lowest BCUT2D eigenvalue weighted by molar-refractivity contribution is -0.0495. The maximum Gasteiger partial charge on any atom is 0.289 e. The molecule has 2 heterocycles. The number of carbonyl (C=O) groups excluding carboxylic acids is 1. The molecule has 0 spiro atoms. The number of benzene rings is 1. The Labute approximate surface area is 128 Å². The van der Waals surface area contributed by atoms with Crippen molar-refractivity contribution in [1.29, 1.82) is 0 Å². The average Bonchev–Trinajstić information content (AvgIpc) is 3.01. The van der Waals surface area contributed by atoms with Gasteiger partial charge in [-0.3, -0.25) is 4.79 Å². The minimum Gasteiger partial charge on any atom is -0.459 e. The Morgan fingerprint density at radius 1 is 1.33 bits per heavy atom. The van der Waals surface area contributed by atoms with E-state index in [2.05, 4.69) is 0 Å². The van der Waals surface area contributed by atoms with Crippen LogP contribution in [0.2, 0.25) is 5.02 Å². The van der Waals surface area contributed by atoms with Crippen LogP contribution >= 0.6 is 11.6 Å². The molecular weight excluding hydrogens is 290 g/mol. The number of amides is 1. The molecule has 1 saturated heterocycles. The van der Waals surface area contributed by atoms with E-state index in [1.54, 1.807) is 17.0 Å². The van der Waals surface area contributed by atoms with Crippen molar-refractivity contribution in [2.24, 2.45) is 0 Å². The molecule has 0 aliphatic carbocycles. The van der Waals surface area contributed by atoms with Crippen LogP contribution in [0.4, 0.5) is 0 Å². The number of hydrogen-bond acceptors (Lipinski definition) is 3. The van der Waals surface area contributed by atoms with E-state index < -0.39 is 0 Å². The van der Waals surface area contributed by atoms with Crippen molar-refractivity contribution in [3.63, 3.8) is 0 Å². The number of ether oxygens (including phenoxy) is 1. The predicted molar refractivity (Wildman–Crippen MR) is 79.4 cm³/mol. The van der Waals surface area contributed by atoms with Gasteiger partial charge in [0.15, 0.2) is 5.76 Å². The molecule has 2 aromatic rings. The predicted octanol–water partition coefficient (Wildman–Crippen LogP) is 3.54. The number of carbonyl (C=O) groups is 1. The Morgan fingerprint density at radius 2 is 2.19 bits per heavy atom. The van der Waals surface area contributed by atoms with Crippen LogP contribution in [-0.4, -0.2) is 30.0 Å². The number of halogens is 1. The van der Waals surface area contributed by atoms with Crippen molar-refractivity contribution < 1.29 is 13.9 Å². The maximum atomic E-state index is 12.5. The van der Waals surface area contributed by atoms with Crippen molar-refractivity contribution in [3.05, 3.63) is 59.0 Å². The van der Waals surface area contributed by atoms with Gasteiger partial charge in [-0.05, 0) is 36.8 Å². The number of rotatable bonds is 2. The Kier molecular flexibility index (Phi) is 3.99. The number of hydrogen-bond donors (Lipinski definition) is 0. The molecule has 0 bridgehead atoms. The monoisotopic (exact) mass is 305 g/mol. The summed E-state index contributed by atoms with van der Waals surface area (Å²) in [5, 5.41) is 0.665. The highest BCUT2D eigenvalue weighted by Crippen LogP contribution is 2.27. The van der Waals surface area contributed by atoms with E-state index in [0.29, 0.717) is 23.9 Å². The minimum absolute atomic E-state index is 0.0121. The van der Waals surface area contributed by atoms with Gasteiger partial charge in [0.2, 0.25) is 0 Å². The molecular formula is C16H16ClNO3. The Morgan fingerprint density at radius 3 is 2.90 bits per heavy atom. The van der Waals surface area contributed by atoms with Gasteiger partial charge in [-0.2, -0.15) is 0 Å². The highest BCUT2D eigenvalue weighted by molar-refractivity contribution is 6.30. The summed E-state index contributed by atoms with van der Waals surface area (Å²) in [6, 6.07) is 10.9. The molecule has 0 N–H and O–H groups in total. The first-order valence-corrected chi connectivity index (χ1v) is 7.24. The highest BCUT2D eigenvalue weighted by atomic mass is 35.5. The normalized spacial score (nSPS) is 22.3. The minimum atomic E-state index is -0.168. The van der Waals surface area contributed by atoms with Crippen molar-refractivity contribution in [1.82, 2.24) is 4.90 Å². The first-order valence-electron chi connectivity index (χ1n) is 6.86. The van der Waals surface area contributed by atoms with Crippen LogP contribution in [-0.2, 0) is 4.74 Å². The van der Waals surface area contributed by atoms with E-state index in [9.17, 15) is 4.79 Å². The van der Waals surface area contributed by atoms with E-state index in [0.717, 1.165) is 5.56 Å². The van der Waals surface area contributed by atoms with Gasteiger partial charge in [0.25, 0.3) is 5.91 Å². The summed E-state index contributed by atoms with van der Waals surface area (Å²) >= 11 is 6.02. The number of morpholine rings is 1. The molecule has 110 valence electrons. The van der Waals surface area contributed by atoms with E-state index in [4.69, 9.17) is 20.8 Å².